The summed E-state index contributed by atoms with van der Waals surface area (Å²) < 4.78 is 5.13. The third-order valence-corrected chi connectivity index (χ3v) is 4.68. The van der Waals surface area contributed by atoms with Crippen LogP contribution in [0, 0.1) is 6.92 Å². The molecule has 1 heterocycles. The van der Waals surface area contributed by atoms with Crippen molar-refractivity contribution in [2.75, 3.05) is 20.3 Å². The lowest BCUT2D eigenvalue weighted by Gasteiger charge is -2.17. The van der Waals surface area contributed by atoms with E-state index in [1.54, 1.807) is 18.4 Å². The molecule has 0 aliphatic heterocycles. The molecule has 0 aliphatic rings. The van der Waals surface area contributed by atoms with Crippen molar-refractivity contribution >= 4 is 22.9 Å². The fourth-order valence-corrected chi connectivity index (χ4v) is 3.45. The molecule has 0 aliphatic carbocycles. The van der Waals surface area contributed by atoms with Crippen LogP contribution in [0.1, 0.15) is 34.1 Å². The van der Waals surface area contributed by atoms with E-state index >= 15 is 0 Å². The molecule has 1 aromatic carbocycles. The first-order chi connectivity index (χ1) is 10.2. The maximum atomic E-state index is 5.99. The van der Waals surface area contributed by atoms with Gasteiger partial charge in [0.25, 0.3) is 0 Å². The predicted molar refractivity (Wildman–Crippen MR) is 89.4 cm³/mol. The Morgan fingerprint density at radius 2 is 2.05 bits per heavy atom. The summed E-state index contributed by atoms with van der Waals surface area (Å²) in [5.74, 6) is 0. The van der Waals surface area contributed by atoms with Gasteiger partial charge in [-0.15, -0.1) is 11.3 Å². The molecule has 114 valence electrons. The van der Waals surface area contributed by atoms with E-state index in [-0.39, 0.29) is 6.04 Å². The first kappa shape index (κ1) is 16.4. The molecule has 2 rings (SSSR count). The topological polar surface area (TPSA) is 34.2 Å². The maximum absolute atomic E-state index is 5.99. The SMILES string of the molecule is CCc1nc(C(NCCOC)c2ccc(Cl)cc2)sc1C. The van der Waals surface area contributed by atoms with Crippen molar-refractivity contribution in [3.63, 3.8) is 0 Å². The molecular formula is C16H21ClN2OS. The van der Waals surface area contributed by atoms with E-state index in [2.05, 4.69) is 31.3 Å². The molecule has 0 fully saturated rings. The van der Waals surface area contributed by atoms with Crippen LogP contribution in [0.3, 0.4) is 0 Å². The van der Waals surface area contributed by atoms with E-state index in [1.807, 2.05) is 12.1 Å². The van der Waals surface area contributed by atoms with E-state index in [9.17, 15) is 0 Å². The molecule has 3 nitrogen and oxygen atoms in total. The quantitative estimate of drug-likeness (QED) is 0.782. The van der Waals surface area contributed by atoms with Crippen LogP contribution in [0.5, 0.6) is 0 Å². The van der Waals surface area contributed by atoms with Gasteiger partial charge in [0, 0.05) is 23.6 Å². The van der Waals surface area contributed by atoms with Crippen molar-refractivity contribution < 1.29 is 4.74 Å². The van der Waals surface area contributed by atoms with Gasteiger partial charge < -0.3 is 10.1 Å². The molecule has 0 amide bonds. The van der Waals surface area contributed by atoms with E-state index in [0.29, 0.717) is 6.61 Å². The Kier molecular flexibility index (Phi) is 6.18. The van der Waals surface area contributed by atoms with Crippen LogP contribution >= 0.6 is 22.9 Å². The summed E-state index contributed by atoms with van der Waals surface area (Å²) in [6, 6.07) is 8.03. The van der Waals surface area contributed by atoms with E-state index in [1.165, 1.54) is 16.1 Å². The fraction of sp³-hybridized carbons (Fsp3) is 0.438. The monoisotopic (exact) mass is 324 g/mol. The number of hydrogen-bond donors (Lipinski definition) is 1. The molecule has 0 saturated heterocycles. The first-order valence-corrected chi connectivity index (χ1v) is 8.29. The fourth-order valence-electron chi connectivity index (χ4n) is 2.21. The highest BCUT2D eigenvalue weighted by molar-refractivity contribution is 7.11. The largest absolute Gasteiger partial charge is 0.383 e. The Morgan fingerprint density at radius 3 is 2.62 bits per heavy atom. The summed E-state index contributed by atoms with van der Waals surface area (Å²) in [7, 11) is 1.71. The number of nitrogens with zero attached hydrogens (tertiary/aromatic N) is 1. The molecule has 0 saturated carbocycles. The smallest absolute Gasteiger partial charge is 0.115 e. The van der Waals surface area contributed by atoms with Gasteiger partial charge in [-0.25, -0.2) is 4.98 Å². The van der Waals surface area contributed by atoms with Crippen molar-refractivity contribution in [2.24, 2.45) is 0 Å². The number of rotatable bonds is 7. The zero-order chi connectivity index (χ0) is 15.2. The average Bonchev–Trinajstić information content (AvgIpc) is 2.86. The number of ether oxygens (including phenoxy) is 1. The average molecular weight is 325 g/mol. The van der Waals surface area contributed by atoms with Crippen molar-refractivity contribution in [2.45, 2.75) is 26.3 Å². The zero-order valence-electron chi connectivity index (χ0n) is 12.6. The standard InChI is InChI=1S/C16H21ClN2OS/c1-4-14-11(2)21-16(19-14)15(18-9-10-20-3)12-5-7-13(17)8-6-12/h5-8,15,18H,4,9-10H2,1-3H3. The number of aromatic nitrogens is 1. The van der Waals surface area contributed by atoms with Crippen molar-refractivity contribution in [1.29, 1.82) is 0 Å². The van der Waals surface area contributed by atoms with Crippen molar-refractivity contribution in [1.82, 2.24) is 10.3 Å². The molecule has 1 atom stereocenters. The lowest BCUT2D eigenvalue weighted by atomic mass is 10.1. The molecular weight excluding hydrogens is 304 g/mol. The summed E-state index contributed by atoms with van der Waals surface area (Å²) >= 11 is 7.74. The van der Waals surface area contributed by atoms with Crippen LogP contribution in [-0.2, 0) is 11.2 Å². The normalized spacial score (nSPS) is 12.6. The summed E-state index contributed by atoms with van der Waals surface area (Å²) in [5.41, 5.74) is 2.36. The van der Waals surface area contributed by atoms with Gasteiger partial charge in [-0.1, -0.05) is 30.7 Å². The minimum Gasteiger partial charge on any atom is -0.383 e. The highest BCUT2D eigenvalue weighted by Gasteiger charge is 2.18. The summed E-state index contributed by atoms with van der Waals surface area (Å²) in [6.45, 7) is 5.73. The van der Waals surface area contributed by atoms with Gasteiger partial charge in [0.15, 0.2) is 0 Å². The molecule has 1 unspecified atom stereocenters. The Labute approximate surface area is 135 Å². The maximum Gasteiger partial charge on any atom is 0.115 e. The highest BCUT2D eigenvalue weighted by atomic mass is 35.5. The number of methoxy groups -OCH3 is 1. The molecule has 0 radical (unpaired) electrons. The van der Waals surface area contributed by atoms with Gasteiger partial charge in [0.05, 0.1) is 18.3 Å². The number of halogens is 1. The zero-order valence-corrected chi connectivity index (χ0v) is 14.2. The van der Waals surface area contributed by atoms with Gasteiger partial charge in [-0.2, -0.15) is 0 Å². The second-order valence-electron chi connectivity index (χ2n) is 4.84. The van der Waals surface area contributed by atoms with Gasteiger partial charge in [-0.05, 0) is 31.0 Å². The first-order valence-electron chi connectivity index (χ1n) is 7.09. The van der Waals surface area contributed by atoms with Crippen LogP contribution in [0.4, 0.5) is 0 Å². The molecule has 2 aromatic rings. The predicted octanol–water partition coefficient (Wildman–Crippen LogP) is 3.99. The van der Waals surface area contributed by atoms with Gasteiger partial charge in [0.2, 0.25) is 0 Å². The summed E-state index contributed by atoms with van der Waals surface area (Å²) in [5, 5.41) is 5.37. The van der Waals surface area contributed by atoms with E-state index < -0.39 is 0 Å². The summed E-state index contributed by atoms with van der Waals surface area (Å²) in [4.78, 5) is 6.08. The number of hydrogen-bond acceptors (Lipinski definition) is 4. The van der Waals surface area contributed by atoms with Crippen LogP contribution in [0.15, 0.2) is 24.3 Å². The van der Waals surface area contributed by atoms with Gasteiger partial charge >= 0.3 is 0 Å². The lowest BCUT2D eigenvalue weighted by Crippen LogP contribution is -2.26. The Hall–Kier alpha value is -0.940. The van der Waals surface area contributed by atoms with Crippen molar-refractivity contribution in [3.05, 3.63) is 50.4 Å². The summed E-state index contributed by atoms with van der Waals surface area (Å²) in [6.07, 6.45) is 0.966. The van der Waals surface area contributed by atoms with Crippen LogP contribution in [0.2, 0.25) is 5.02 Å². The minimum absolute atomic E-state index is 0.0846. The molecule has 21 heavy (non-hydrogen) atoms. The van der Waals surface area contributed by atoms with Crippen molar-refractivity contribution in [3.8, 4) is 0 Å². The molecule has 1 aromatic heterocycles. The van der Waals surface area contributed by atoms with Gasteiger partial charge in [0.1, 0.15) is 5.01 Å². The minimum atomic E-state index is 0.0846. The number of benzene rings is 1. The third-order valence-electron chi connectivity index (χ3n) is 3.35. The van der Waals surface area contributed by atoms with Crippen LogP contribution in [0.25, 0.3) is 0 Å². The third kappa shape index (κ3) is 4.27. The molecule has 1 N–H and O–H groups in total. The van der Waals surface area contributed by atoms with Crippen LogP contribution < -0.4 is 5.32 Å². The lowest BCUT2D eigenvalue weighted by molar-refractivity contribution is 0.197. The molecule has 5 heteroatoms. The Morgan fingerprint density at radius 1 is 1.33 bits per heavy atom. The Balaban J connectivity index is 2.27. The molecule has 0 bridgehead atoms. The second kappa shape index (κ2) is 7.90. The molecule has 0 spiro atoms. The number of nitrogens with one attached hydrogen (secondary N) is 1. The van der Waals surface area contributed by atoms with Crippen LogP contribution in [-0.4, -0.2) is 25.2 Å². The highest BCUT2D eigenvalue weighted by Crippen LogP contribution is 2.29. The number of thiazole rings is 1. The Bertz CT molecular complexity index is 568. The number of aryl methyl sites for hydroxylation is 2. The second-order valence-corrected chi connectivity index (χ2v) is 6.51. The van der Waals surface area contributed by atoms with Gasteiger partial charge in [-0.3, -0.25) is 0 Å². The van der Waals surface area contributed by atoms with E-state index in [4.69, 9.17) is 21.3 Å². The van der Waals surface area contributed by atoms with E-state index in [0.717, 1.165) is 23.0 Å².